The maximum Gasteiger partial charge on any atom is 0.257 e. The quantitative estimate of drug-likeness (QED) is 0.909. The summed E-state index contributed by atoms with van der Waals surface area (Å²) in [7, 11) is 1.54. The summed E-state index contributed by atoms with van der Waals surface area (Å²) in [4.78, 5) is 14.3. The predicted octanol–water partition coefficient (Wildman–Crippen LogP) is 3.30. The number of carbonyl (C=O) groups is 1. The zero-order valence-corrected chi connectivity index (χ0v) is 13.3. The molecule has 4 heteroatoms. The Morgan fingerprint density at radius 3 is 2.38 bits per heavy atom. The summed E-state index contributed by atoms with van der Waals surface area (Å²) < 4.78 is 5.04. The summed E-state index contributed by atoms with van der Waals surface area (Å²) in [5, 5.41) is 9.98. The molecule has 1 aromatic carbocycles. The molecule has 0 saturated carbocycles. The van der Waals surface area contributed by atoms with Gasteiger partial charge in [0.15, 0.2) is 0 Å². The zero-order chi connectivity index (χ0) is 15.6. The number of methoxy groups -OCH3 is 1. The lowest BCUT2D eigenvalue weighted by Crippen LogP contribution is -2.41. The molecule has 0 spiro atoms. The van der Waals surface area contributed by atoms with E-state index in [0.717, 1.165) is 25.9 Å². The molecule has 1 N–H and O–H groups in total. The Hall–Kier alpha value is -1.71. The number of carbonyl (C=O) groups excluding carboxylic acids is 1. The van der Waals surface area contributed by atoms with E-state index in [1.165, 1.54) is 13.2 Å². The van der Waals surface area contributed by atoms with Crippen LogP contribution in [0.25, 0.3) is 0 Å². The Kier molecular flexibility index (Phi) is 4.45. The molecule has 0 unspecified atom stereocenters. The highest BCUT2D eigenvalue weighted by atomic mass is 16.5. The maximum atomic E-state index is 12.5. The van der Waals surface area contributed by atoms with E-state index in [2.05, 4.69) is 20.8 Å². The van der Waals surface area contributed by atoms with Crippen molar-refractivity contribution in [3.8, 4) is 11.5 Å². The topological polar surface area (TPSA) is 49.8 Å². The monoisotopic (exact) mass is 291 g/mol. The van der Waals surface area contributed by atoms with Crippen LogP contribution in [-0.2, 0) is 0 Å². The smallest absolute Gasteiger partial charge is 0.257 e. The summed E-state index contributed by atoms with van der Waals surface area (Å²) in [5.41, 5.74) is 0.641. The maximum absolute atomic E-state index is 12.5. The molecular weight excluding hydrogens is 266 g/mol. The number of rotatable bonds is 2. The second kappa shape index (κ2) is 5.96. The third-order valence-electron chi connectivity index (χ3n) is 4.44. The Morgan fingerprint density at radius 1 is 1.29 bits per heavy atom. The van der Waals surface area contributed by atoms with Crippen LogP contribution in [0.15, 0.2) is 18.2 Å². The van der Waals surface area contributed by atoms with Crippen LogP contribution in [0, 0.1) is 11.3 Å². The van der Waals surface area contributed by atoms with Gasteiger partial charge in [-0.25, -0.2) is 0 Å². The first-order chi connectivity index (χ1) is 9.82. The summed E-state index contributed by atoms with van der Waals surface area (Å²) in [5.74, 6) is 1.08. The van der Waals surface area contributed by atoms with Crippen LogP contribution in [0.5, 0.6) is 11.5 Å². The first-order valence-electron chi connectivity index (χ1n) is 7.49. The molecule has 1 aliphatic rings. The van der Waals surface area contributed by atoms with Crippen LogP contribution in [0.2, 0.25) is 0 Å². The number of benzene rings is 1. The highest BCUT2D eigenvalue weighted by Crippen LogP contribution is 2.35. The molecule has 1 aliphatic heterocycles. The molecule has 1 amide bonds. The molecule has 0 radical (unpaired) electrons. The Bertz CT molecular complexity index is 511. The third-order valence-corrected chi connectivity index (χ3v) is 4.44. The van der Waals surface area contributed by atoms with Gasteiger partial charge in [-0.15, -0.1) is 0 Å². The first kappa shape index (κ1) is 15.7. The van der Waals surface area contributed by atoms with Crippen molar-refractivity contribution < 1.29 is 14.6 Å². The van der Waals surface area contributed by atoms with Gasteiger partial charge in [-0.1, -0.05) is 20.8 Å². The van der Waals surface area contributed by atoms with Crippen molar-refractivity contribution in [2.45, 2.75) is 33.6 Å². The van der Waals surface area contributed by atoms with Crippen LogP contribution in [-0.4, -0.2) is 36.1 Å². The zero-order valence-electron chi connectivity index (χ0n) is 13.3. The third kappa shape index (κ3) is 3.49. The lowest BCUT2D eigenvalue weighted by atomic mass is 9.75. The average molecular weight is 291 g/mol. The van der Waals surface area contributed by atoms with E-state index in [1.807, 2.05) is 4.90 Å². The van der Waals surface area contributed by atoms with Gasteiger partial charge >= 0.3 is 0 Å². The van der Waals surface area contributed by atoms with E-state index >= 15 is 0 Å². The number of phenols is 1. The minimum atomic E-state index is -0.0949. The van der Waals surface area contributed by atoms with Crippen molar-refractivity contribution >= 4 is 5.91 Å². The minimum absolute atomic E-state index is 0.0164. The highest BCUT2D eigenvalue weighted by Gasteiger charge is 2.31. The van der Waals surface area contributed by atoms with Gasteiger partial charge in [0, 0.05) is 19.2 Å². The lowest BCUT2D eigenvalue weighted by molar-refractivity contribution is 0.0606. The molecule has 1 aromatic rings. The minimum Gasteiger partial charge on any atom is -0.507 e. The van der Waals surface area contributed by atoms with Crippen LogP contribution in [0.4, 0.5) is 0 Å². The molecule has 21 heavy (non-hydrogen) atoms. The van der Waals surface area contributed by atoms with Crippen LogP contribution >= 0.6 is 0 Å². The van der Waals surface area contributed by atoms with E-state index in [0.29, 0.717) is 17.2 Å². The second-order valence-corrected chi connectivity index (χ2v) is 6.82. The average Bonchev–Trinajstić information content (AvgIpc) is 2.45. The molecule has 0 bridgehead atoms. The van der Waals surface area contributed by atoms with E-state index < -0.39 is 0 Å². The summed E-state index contributed by atoms with van der Waals surface area (Å²) in [6.07, 6.45) is 2.04. The van der Waals surface area contributed by atoms with Gasteiger partial charge in [0.05, 0.1) is 12.7 Å². The van der Waals surface area contributed by atoms with Crippen molar-refractivity contribution in [1.82, 2.24) is 4.90 Å². The molecule has 0 aliphatic carbocycles. The molecule has 2 rings (SSSR count). The molecule has 4 nitrogen and oxygen atoms in total. The predicted molar refractivity (Wildman–Crippen MR) is 82.7 cm³/mol. The number of ether oxygens (including phenoxy) is 1. The fourth-order valence-electron chi connectivity index (χ4n) is 2.94. The van der Waals surface area contributed by atoms with Gasteiger partial charge in [0.2, 0.25) is 0 Å². The van der Waals surface area contributed by atoms with Crippen molar-refractivity contribution in [3.63, 3.8) is 0 Å². The molecule has 1 fully saturated rings. The molecule has 0 atom stereocenters. The Labute approximate surface area is 126 Å². The van der Waals surface area contributed by atoms with Crippen molar-refractivity contribution in [3.05, 3.63) is 23.8 Å². The van der Waals surface area contributed by atoms with Crippen LogP contribution < -0.4 is 4.74 Å². The molecule has 116 valence electrons. The van der Waals surface area contributed by atoms with Gasteiger partial charge in [-0.05, 0) is 36.3 Å². The summed E-state index contributed by atoms with van der Waals surface area (Å²) in [6.45, 7) is 8.28. The lowest BCUT2D eigenvalue weighted by Gasteiger charge is -2.38. The normalized spacial score (nSPS) is 16.9. The molecular formula is C17H25NO3. The molecule has 1 heterocycles. The highest BCUT2D eigenvalue weighted by molar-refractivity contribution is 5.97. The Balaban J connectivity index is 2.05. The number of hydrogen-bond donors (Lipinski definition) is 1. The molecule has 0 aromatic heterocycles. The van der Waals surface area contributed by atoms with Gasteiger partial charge in [-0.3, -0.25) is 4.79 Å². The number of likely N-dealkylation sites (tertiary alicyclic amines) is 1. The fourth-order valence-corrected chi connectivity index (χ4v) is 2.94. The SMILES string of the molecule is COc1ccc(C(=O)N2CCC(C(C)(C)C)CC2)c(O)c1. The van der Waals surface area contributed by atoms with E-state index in [4.69, 9.17) is 4.74 Å². The van der Waals surface area contributed by atoms with Gasteiger partial charge in [0.25, 0.3) is 5.91 Å². The van der Waals surface area contributed by atoms with Crippen molar-refractivity contribution in [1.29, 1.82) is 0 Å². The fraction of sp³-hybridized carbons (Fsp3) is 0.588. The second-order valence-electron chi connectivity index (χ2n) is 6.82. The number of aromatic hydroxyl groups is 1. The van der Waals surface area contributed by atoms with Crippen LogP contribution in [0.3, 0.4) is 0 Å². The number of hydrogen-bond acceptors (Lipinski definition) is 3. The van der Waals surface area contributed by atoms with Crippen LogP contribution in [0.1, 0.15) is 44.0 Å². The first-order valence-corrected chi connectivity index (χ1v) is 7.49. The largest absolute Gasteiger partial charge is 0.507 e. The van der Waals surface area contributed by atoms with Crippen molar-refractivity contribution in [2.75, 3.05) is 20.2 Å². The standard InChI is InChI=1S/C17H25NO3/c1-17(2,3)12-7-9-18(10-8-12)16(20)14-6-5-13(21-4)11-15(14)19/h5-6,11-12,19H,7-10H2,1-4H3. The number of amides is 1. The van der Waals surface area contributed by atoms with E-state index in [1.54, 1.807) is 12.1 Å². The van der Waals surface area contributed by atoms with Gasteiger partial charge in [0.1, 0.15) is 11.5 Å². The van der Waals surface area contributed by atoms with E-state index in [-0.39, 0.29) is 17.1 Å². The van der Waals surface area contributed by atoms with Gasteiger partial charge < -0.3 is 14.7 Å². The number of phenolic OH excluding ortho intramolecular Hbond substituents is 1. The summed E-state index contributed by atoms with van der Waals surface area (Å²) in [6, 6.07) is 4.82. The number of nitrogens with zero attached hydrogens (tertiary/aromatic N) is 1. The molecule has 1 saturated heterocycles. The Morgan fingerprint density at radius 2 is 1.90 bits per heavy atom. The van der Waals surface area contributed by atoms with E-state index in [9.17, 15) is 9.90 Å². The number of piperidine rings is 1. The summed E-state index contributed by atoms with van der Waals surface area (Å²) >= 11 is 0. The van der Waals surface area contributed by atoms with Crippen molar-refractivity contribution in [2.24, 2.45) is 11.3 Å². The van der Waals surface area contributed by atoms with Gasteiger partial charge in [-0.2, -0.15) is 0 Å².